The van der Waals surface area contributed by atoms with E-state index in [1.807, 2.05) is 26.0 Å². The van der Waals surface area contributed by atoms with E-state index in [9.17, 15) is 14.7 Å². The van der Waals surface area contributed by atoms with Gasteiger partial charge in [-0.1, -0.05) is 19.9 Å². The first-order valence-corrected chi connectivity index (χ1v) is 7.06. The van der Waals surface area contributed by atoms with Crippen LogP contribution in [-0.4, -0.2) is 28.5 Å². The molecule has 5 nitrogen and oxygen atoms in total. The molecule has 2 aromatic rings. The van der Waals surface area contributed by atoms with Gasteiger partial charge in [0.05, 0.1) is 5.92 Å². The fraction of sp³-hybridized carbons (Fsp3) is 0.375. The summed E-state index contributed by atoms with van der Waals surface area (Å²) in [6.07, 6.45) is 2.32. The second-order valence-electron chi connectivity index (χ2n) is 5.62. The SMILES string of the molecule is CC(C)CC(CNC(=O)c1cccc2[nH]ccc12)C(=O)O. The maximum atomic E-state index is 12.3. The number of carbonyl (C=O) groups excluding carboxylic acids is 1. The average molecular weight is 288 g/mol. The minimum atomic E-state index is -0.871. The lowest BCUT2D eigenvalue weighted by Crippen LogP contribution is -2.33. The highest BCUT2D eigenvalue weighted by Crippen LogP contribution is 2.17. The van der Waals surface area contributed by atoms with Crippen LogP contribution in [0.4, 0.5) is 0 Å². The molecule has 0 bridgehead atoms. The van der Waals surface area contributed by atoms with E-state index in [2.05, 4.69) is 10.3 Å². The molecule has 112 valence electrons. The number of nitrogens with one attached hydrogen (secondary N) is 2. The third-order valence-electron chi connectivity index (χ3n) is 3.45. The normalized spacial score (nSPS) is 12.5. The number of aromatic nitrogens is 1. The summed E-state index contributed by atoms with van der Waals surface area (Å²) >= 11 is 0. The molecule has 5 heteroatoms. The van der Waals surface area contributed by atoms with E-state index in [1.165, 1.54) is 0 Å². The number of aliphatic carboxylic acids is 1. The molecule has 2 rings (SSSR count). The summed E-state index contributed by atoms with van der Waals surface area (Å²) in [6.45, 7) is 4.09. The van der Waals surface area contributed by atoms with Crippen molar-refractivity contribution in [1.29, 1.82) is 0 Å². The highest BCUT2D eigenvalue weighted by atomic mass is 16.4. The van der Waals surface area contributed by atoms with Crippen LogP contribution in [0.15, 0.2) is 30.5 Å². The van der Waals surface area contributed by atoms with Gasteiger partial charge in [0.1, 0.15) is 0 Å². The minimum absolute atomic E-state index is 0.146. The van der Waals surface area contributed by atoms with Gasteiger partial charge < -0.3 is 15.4 Å². The average Bonchev–Trinajstić information content (AvgIpc) is 2.90. The molecule has 3 N–H and O–H groups in total. The predicted molar refractivity (Wildman–Crippen MR) is 81.2 cm³/mol. The Balaban J connectivity index is 2.07. The molecule has 1 amide bonds. The van der Waals surface area contributed by atoms with Crippen LogP contribution in [-0.2, 0) is 4.79 Å². The summed E-state index contributed by atoms with van der Waals surface area (Å²) in [6, 6.07) is 7.28. The number of carboxylic acid groups (broad SMARTS) is 1. The van der Waals surface area contributed by atoms with E-state index in [4.69, 9.17) is 0 Å². The number of carbonyl (C=O) groups is 2. The van der Waals surface area contributed by atoms with Crippen LogP contribution in [0.2, 0.25) is 0 Å². The van der Waals surface area contributed by atoms with Crippen molar-refractivity contribution in [2.24, 2.45) is 11.8 Å². The number of aromatic amines is 1. The third-order valence-corrected chi connectivity index (χ3v) is 3.45. The minimum Gasteiger partial charge on any atom is -0.481 e. The van der Waals surface area contributed by atoms with Crippen molar-refractivity contribution in [2.45, 2.75) is 20.3 Å². The first-order valence-electron chi connectivity index (χ1n) is 7.06. The smallest absolute Gasteiger partial charge is 0.308 e. The summed E-state index contributed by atoms with van der Waals surface area (Å²) in [4.78, 5) is 26.5. The van der Waals surface area contributed by atoms with Gasteiger partial charge in [0.15, 0.2) is 0 Å². The Morgan fingerprint density at radius 1 is 1.29 bits per heavy atom. The fourth-order valence-electron chi connectivity index (χ4n) is 2.44. The Bertz CT molecular complexity index is 646. The summed E-state index contributed by atoms with van der Waals surface area (Å²) in [5, 5.41) is 12.8. The molecule has 21 heavy (non-hydrogen) atoms. The van der Waals surface area contributed by atoms with Crippen molar-refractivity contribution in [3.05, 3.63) is 36.0 Å². The van der Waals surface area contributed by atoms with Crippen LogP contribution in [0.3, 0.4) is 0 Å². The summed E-state index contributed by atoms with van der Waals surface area (Å²) in [5.74, 6) is -1.39. The lowest BCUT2D eigenvalue weighted by Gasteiger charge is -2.15. The molecule has 0 spiro atoms. The van der Waals surface area contributed by atoms with Crippen molar-refractivity contribution in [1.82, 2.24) is 10.3 Å². The standard InChI is InChI=1S/C16H20N2O3/c1-10(2)8-11(16(20)21)9-18-15(19)13-4-3-5-14-12(13)6-7-17-14/h3-7,10-11,17H,8-9H2,1-2H3,(H,18,19)(H,20,21). The van der Waals surface area contributed by atoms with Crippen molar-refractivity contribution in [3.63, 3.8) is 0 Å². The second kappa shape index (κ2) is 6.43. The Morgan fingerprint density at radius 3 is 2.71 bits per heavy atom. The number of hydrogen-bond donors (Lipinski definition) is 3. The molecule has 1 unspecified atom stereocenters. The molecule has 0 saturated heterocycles. The Labute approximate surface area is 123 Å². The van der Waals surface area contributed by atoms with Gasteiger partial charge in [-0.2, -0.15) is 0 Å². The molecule has 1 aromatic heterocycles. The highest BCUT2D eigenvalue weighted by Gasteiger charge is 2.20. The molecule has 1 aromatic carbocycles. The maximum Gasteiger partial charge on any atom is 0.308 e. The van der Waals surface area contributed by atoms with E-state index in [1.54, 1.807) is 18.3 Å². The summed E-state index contributed by atoms with van der Waals surface area (Å²) in [7, 11) is 0. The quantitative estimate of drug-likeness (QED) is 0.764. The number of fused-ring (bicyclic) bond motifs is 1. The number of carboxylic acids is 1. The summed E-state index contributed by atoms with van der Waals surface area (Å²) < 4.78 is 0. The lowest BCUT2D eigenvalue weighted by molar-refractivity contribution is -0.142. The monoisotopic (exact) mass is 288 g/mol. The zero-order valence-corrected chi connectivity index (χ0v) is 12.2. The van der Waals surface area contributed by atoms with Gasteiger partial charge in [-0.15, -0.1) is 0 Å². The lowest BCUT2D eigenvalue weighted by atomic mass is 9.97. The topological polar surface area (TPSA) is 82.2 Å². The molecule has 0 aliphatic rings. The van der Waals surface area contributed by atoms with Crippen molar-refractivity contribution in [3.8, 4) is 0 Å². The van der Waals surface area contributed by atoms with Crippen molar-refractivity contribution >= 4 is 22.8 Å². The van der Waals surface area contributed by atoms with E-state index in [-0.39, 0.29) is 18.4 Å². The van der Waals surface area contributed by atoms with Crippen LogP contribution >= 0.6 is 0 Å². The van der Waals surface area contributed by atoms with Crippen LogP contribution in [0.1, 0.15) is 30.6 Å². The molecule has 1 atom stereocenters. The molecule has 0 fully saturated rings. The van der Waals surface area contributed by atoms with E-state index in [0.717, 1.165) is 10.9 Å². The first kappa shape index (κ1) is 15.1. The van der Waals surface area contributed by atoms with Gasteiger partial charge in [-0.25, -0.2) is 0 Å². The molecule has 0 radical (unpaired) electrons. The third kappa shape index (κ3) is 3.62. The van der Waals surface area contributed by atoms with E-state index < -0.39 is 11.9 Å². The zero-order valence-electron chi connectivity index (χ0n) is 12.2. The Hall–Kier alpha value is -2.30. The van der Waals surface area contributed by atoms with Crippen molar-refractivity contribution in [2.75, 3.05) is 6.54 Å². The van der Waals surface area contributed by atoms with Crippen LogP contribution in [0.5, 0.6) is 0 Å². The molecular weight excluding hydrogens is 268 g/mol. The second-order valence-corrected chi connectivity index (χ2v) is 5.62. The van der Waals surface area contributed by atoms with Gasteiger partial charge in [0.2, 0.25) is 0 Å². The molecule has 0 aliphatic heterocycles. The van der Waals surface area contributed by atoms with E-state index >= 15 is 0 Å². The molecular formula is C16H20N2O3. The largest absolute Gasteiger partial charge is 0.481 e. The Kier molecular flexibility index (Phi) is 4.62. The van der Waals surface area contributed by atoms with Crippen LogP contribution < -0.4 is 5.32 Å². The number of benzene rings is 1. The first-order chi connectivity index (χ1) is 9.99. The highest BCUT2D eigenvalue weighted by molar-refractivity contribution is 6.06. The number of hydrogen-bond acceptors (Lipinski definition) is 2. The zero-order chi connectivity index (χ0) is 15.4. The fourth-order valence-corrected chi connectivity index (χ4v) is 2.44. The van der Waals surface area contributed by atoms with Crippen molar-refractivity contribution < 1.29 is 14.7 Å². The number of rotatable bonds is 6. The number of amides is 1. The molecule has 0 aliphatic carbocycles. The molecule has 0 saturated carbocycles. The van der Waals surface area contributed by atoms with Gasteiger partial charge in [-0.3, -0.25) is 9.59 Å². The Morgan fingerprint density at radius 2 is 2.05 bits per heavy atom. The van der Waals surface area contributed by atoms with Crippen LogP contribution in [0.25, 0.3) is 10.9 Å². The number of H-pyrrole nitrogens is 1. The van der Waals surface area contributed by atoms with Gasteiger partial charge in [0, 0.05) is 29.2 Å². The van der Waals surface area contributed by atoms with Gasteiger partial charge in [0.25, 0.3) is 5.91 Å². The van der Waals surface area contributed by atoms with Crippen LogP contribution in [0, 0.1) is 11.8 Å². The van der Waals surface area contributed by atoms with Gasteiger partial charge in [-0.05, 0) is 30.5 Å². The molecule has 1 heterocycles. The maximum absolute atomic E-state index is 12.3. The predicted octanol–water partition coefficient (Wildman–Crippen LogP) is 2.64. The van der Waals surface area contributed by atoms with Gasteiger partial charge >= 0.3 is 5.97 Å². The van der Waals surface area contributed by atoms with E-state index in [0.29, 0.717) is 12.0 Å². The summed E-state index contributed by atoms with van der Waals surface area (Å²) in [5.41, 5.74) is 1.45.